The average molecular weight is 523 g/mol. The van der Waals surface area contributed by atoms with Gasteiger partial charge < -0.3 is 9.72 Å². The normalized spacial score (nSPS) is 12.2. The van der Waals surface area contributed by atoms with Gasteiger partial charge in [-0.15, -0.1) is 5.10 Å². The number of benzene rings is 3. The summed E-state index contributed by atoms with van der Waals surface area (Å²) in [5.41, 5.74) is 4.98. The van der Waals surface area contributed by atoms with Gasteiger partial charge in [0.15, 0.2) is 5.82 Å². The van der Waals surface area contributed by atoms with Gasteiger partial charge in [0.1, 0.15) is 5.75 Å². The SMILES string of the molecule is CCC(c1nnnn1CCc1ccccc1)N(Cc1ccc(OC)cc1)Cc1cc2cc(C)ccc2[nH]c1=O. The van der Waals surface area contributed by atoms with Crippen LogP contribution in [0, 0.1) is 6.92 Å². The number of pyridine rings is 1. The zero-order valence-electron chi connectivity index (χ0n) is 22.7. The van der Waals surface area contributed by atoms with Gasteiger partial charge >= 0.3 is 0 Å². The number of H-pyrrole nitrogens is 1. The van der Waals surface area contributed by atoms with Gasteiger partial charge in [-0.2, -0.15) is 0 Å². The van der Waals surface area contributed by atoms with Gasteiger partial charge in [-0.3, -0.25) is 9.69 Å². The van der Waals surface area contributed by atoms with Gasteiger partial charge in [0.05, 0.1) is 13.2 Å². The van der Waals surface area contributed by atoms with E-state index in [0.717, 1.165) is 46.4 Å². The Kier molecular flexibility index (Phi) is 8.13. The zero-order chi connectivity index (χ0) is 27.2. The zero-order valence-corrected chi connectivity index (χ0v) is 22.7. The summed E-state index contributed by atoms with van der Waals surface area (Å²) in [5.74, 6) is 1.61. The monoisotopic (exact) mass is 522 g/mol. The predicted octanol–water partition coefficient (Wildman–Crippen LogP) is 5.23. The number of tetrazole rings is 1. The molecule has 39 heavy (non-hydrogen) atoms. The van der Waals surface area contributed by atoms with Crippen molar-refractivity contribution in [3.63, 3.8) is 0 Å². The number of aromatic amines is 1. The van der Waals surface area contributed by atoms with Crippen molar-refractivity contribution in [2.24, 2.45) is 0 Å². The predicted molar refractivity (Wildman–Crippen MR) is 153 cm³/mol. The molecule has 0 amide bonds. The maximum atomic E-state index is 13.2. The van der Waals surface area contributed by atoms with Crippen LogP contribution in [0.3, 0.4) is 0 Å². The Hall–Kier alpha value is -4.30. The summed E-state index contributed by atoms with van der Waals surface area (Å²) in [7, 11) is 1.66. The van der Waals surface area contributed by atoms with E-state index in [4.69, 9.17) is 4.74 Å². The van der Waals surface area contributed by atoms with Gasteiger partial charge in [0, 0.05) is 30.7 Å². The van der Waals surface area contributed by atoms with Crippen molar-refractivity contribution < 1.29 is 4.74 Å². The molecular weight excluding hydrogens is 488 g/mol. The molecule has 0 fully saturated rings. The quantitative estimate of drug-likeness (QED) is 0.256. The highest BCUT2D eigenvalue weighted by Crippen LogP contribution is 2.27. The summed E-state index contributed by atoms with van der Waals surface area (Å²) in [6.45, 7) is 5.95. The second-order valence-corrected chi connectivity index (χ2v) is 9.89. The Morgan fingerprint density at radius 3 is 2.51 bits per heavy atom. The highest BCUT2D eigenvalue weighted by atomic mass is 16.5. The Morgan fingerprint density at radius 2 is 1.77 bits per heavy atom. The van der Waals surface area contributed by atoms with E-state index >= 15 is 0 Å². The van der Waals surface area contributed by atoms with Gasteiger partial charge in [0.2, 0.25) is 0 Å². The minimum absolute atomic E-state index is 0.0791. The second-order valence-electron chi connectivity index (χ2n) is 9.89. The van der Waals surface area contributed by atoms with Crippen LogP contribution in [0.5, 0.6) is 5.75 Å². The molecule has 0 aliphatic rings. The molecule has 0 saturated carbocycles. The number of hydrogen-bond donors (Lipinski definition) is 1. The molecule has 1 N–H and O–H groups in total. The Labute approximate surface area is 228 Å². The molecule has 0 radical (unpaired) electrons. The third-order valence-corrected chi connectivity index (χ3v) is 7.14. The van der Waals surface area contributed by atoms with Gasteiger partial charge in [-0.25, -0.2) is 4.68 Å². The third-order valence-electron chi connectivity index (χ3n) is 7.14. The minimum Gasteiger partial charge on any atom is -0.497 e. The Morgan fingerprint density at radius 1 is 0.974 bits per heavy atom. The molecule has 3 aromatic carbocycles. The average Bonchev–Trinajstić information content (AvgIpc) is 3.42. The van der Waals surface area contributed by atoms with Crippen LogP contribution in [0.15, 0.2) is 83.7 Å². The van der Waals surface area contributed by atoms with Crippen LogP contribution in [-0.2, 0) is 26.1 Å². The number of aryl methyl sites for hydroxylation is 3. The summed E-state index contributed by atoms with van der Waals surface area (Å²) >= 11 is 0. The number of nitrogens with zero attached hydrogens (tertiary/aromatic N) is 5. The summed E-state index contributed by atoms with van der Waals surface area (Å²) in [5, 5.41) is 13.9. The fourth-order valence-corrected chi connectivity index (χ4v) is 5.04. The van der Waals surface area contributed by atoms with Crippen molar-refractivity contribution >= 4 is 10.9 Å². The van der Waals surface area contributed by atoms with E-state index in [1.165, 1.54) is 5.56 Å². The lowest BCUT2D eigenvalue weighted by Gasteiger charge is -2.30. The van der Waals surface area contributed by atoms with Crippen molar-refractivity contribution in [1.82, 2.24) is 30.1 Å². The fourth-order valence-electron chi connectivity index (χ4n) is 5.04. The van der Waals surface area contributed by atoms with Crippen LogP contribution in [0.1, 0.15) is 47.5 Å². The maximum absolute atomic E-state index is 13.2. The van der Waals surface area contributed by atoms with Crippen molar-refractivity contribution in [2.45, 2.75) is 52.4 Å². The number of fused-ring (bicyclic) bond motifs is 1. The van der Waals surface area contributed by atoms with Crippen LogP contribution in [-0.4, -0.2) is 37.2 Å². The number of hydrogen-bond acceptors (Lipinski definition) is 6. The molecule has 0 aliphatic carbocycles. The second kappa shape index (κ2) is 12.0. The molecule has 0 aliphatic heterocycles. The Bertz CT molecular complexity index is 1580. The molecule has 0 spiro atoms. The van der Waals surface area contributed by atoms with Crippen molar-refractivity contribution in [3.05, 3.63) is 117 Å². The lowest BCUT2D eigenvalue weighted by atomic mass is 10.1. The van der Waals surface area contributed by atoms with Crippen molar-refractivity contribution in [3.8, 4) is 5.75 Å². The highest BCUT2D eigenvalue weighted by molar-refractivity contribution is 5.79. The van der Waals surface area contributed by atoms with Gasteiger partial charge in [-0.05, 0) is 77.0 Å². The molecule has 5 rings (SSSR count). The van der Waals surface area contributed by atoms with E-state index in [1.54, 1.807) is 7.11 Å². The molecular formula is C31H34N6O2. The van der Waals surface area contributed by atoms with E-state index in [1.807, 2.05) is 53.2 Å². The summed E-state index contributed by atoms with van der Waals surface area (Å²) in [6, 6.07) is 26.4. The van der Waals surface area contributed by atoms with E-state index in [-0.39, 0.29) is 11.6 Å². The molecule has 2 aromatic heterocycles. The minimum atomic E-state index is -0.0921. The first-order valence-corrected chi connectivity index (χ1v) is 13.3. The standard InChI is InChI=1S/C31H34N6O2/c1-4-29(30-33-34-35-37(30)17-16-23-8-6-5-7-9-23)36(20-24-11-13-27(39-3)14-12-24)21-26-19-25-18-22(2)10-15-28(25)32-31(26)38/h5-15,18-19,29H,4,16-17,20-21H2,1-3H3,(H,32,38). The lowest BCUT2D eigenvalue weighted by molar-refractivity contribution is 0.160. The third kappa shape index (κ3) is 6.23. The first-order chi connectivity index (χ1) is 19.0. The number of ether oxygens (including phenoxy) is 1. The lowest BCUT2D eigenvalue weighted by Crippen LogP contribution is -2.32. The molecule has 1 unspecified atom stereocenters. The van der Waals surface area contributed by atoms with E-state index < -0.39 is 0 Å². The fraction of sp³-hybridized carbons (Fsp3) is 0.290. The summed E-state index contributed by atoms with van der Waals surface area (Å²) < 4.78 is 7.25. The molecule has 5 aromatic rings. The van der Waals surface area contributed by atoms with Crippen LogP contribution < -0.4 is 10.3 Å². The number of rotatable bonds is 11. The van der Waals surface area contributed by atoms with Crippen LogP contribution in [0.25, 0.3) is 10.9 Å². The molecule has 2 heterocycles. The molecule has 0 saturated heterocycles. The molecule has 0 bridgehead atoms. The topological polar surface area (TPSA) is 88.9 Å². The molecule has 200 valence electrons. The van der Waals surface area contributed by atoms with Crippen LogP contribution in [0.2, 0.25) is 0 Å². The van der Waals surface area contributed by atoms with E-state index in [9.17, 15) is 4.79 Å². The van der Waals surface area contributed by atoms with E-state index in [2.05, 4.69) is 69.6 Å². The number of aromatic nitrogens is 5. The molecule has 8 heteroatoms. The maximum Gasteiger partial charge on any atom is 0.252 e. The Balaban J connectivity index is 1.48. The van der Waals surface area contributed by atoms with Crippen molar-refractivity contribution in [1.29, 1.82) is 0 Å². The number of nitrogens with one attached hydrogen (secondary N) is 1. The van der Waals surface area contributed by atoms with Gasteiger partial charge in [-0.1, -0.05) is 61.0 Å². The van der Waals surface area contributed by atoms with Gasteiger partial charge in [0.25, 0.3) is 5.56 Å². The first-order valence-electron chi connectivity index (χ1n) is 13.3. The first kappa shape index (κ1) is 26.3. The largest absolute Gasteiger partial charge is 0.497 e. The van der Waals surface area contributed by atoms with Crippen LogP contribution >= 0.6 is 0 Å². The van der Waals surface area contributed by atoms with Crippen LogP contribution in [0.4, 0.5) is 0 Å². The number of methoxy groups -OCH3 is 1. The van der Waals surface area contributed by atoms with Crippen molar-refractivity contribution in [2.75, 3.05) is 7.11 Å². The molecule has 1 atom stereocenters. The highest BCUT2D eigenvalue weighted by Gasteiger charge is 2.26. The summed E-state index contributed by atoms with van der Waals surface area (Å²) in [6.07, 6.45) is 1.62. The molecule has 8 nitrogen and oxygen atoms in total. The summed E-state index contributed by atoms with van der Waals surface area (Å²) in [4.78, 5) is 18.5. The smallest absolute Gasteiger partial charge is 0.252 e. The van der Waals surface area contributed by atoms with E-state index in [0.29, 0.717) is 25.2 Å².